The summed E-state index contributed by atoms with van der Waals surface area (Å²) in [6.45, 7) is 0.0414. The van der Waals surface area contributed by atoms with Crippen LogP contribution in [0.5, 0.6) is 0 Å². The lowest BCUT2D eigenvalue weighted by molar-refractivity contribution is 0.102. The molecule has 0 saturated carbocycles. The summed E-state index contributed by atoms with van der Waals surface area (Å²) in [7, 11) is 0. The van der Waals surface area contributed by atoms with Crippen LogP contribution in [0.4, 0.5) is 5.13 Å². The Bertz CT molecular complexity index is 1050. The van der Waals surface area contributed by atoms with Crippen molar-refractivity contribution in [1.29, 1.82) is 0 Å². The van der Waals surface area contributed by atoms with Crippen LogP contribution in [0.25, 0.3) is 11.0 Å². The van der Waals surface area contributed by atoms with Crippen LogP contribution in [-0.4, -0.2) is 16.0 Å². The number of carbonyl (C=O) groups excluding carboxylic acids is 1. The first kappa shape index (κ1) is 16.5. The van der Waals surface area contributed by atoms with E-state index in [0.29, 0.717) is 16.3 Å². The molecule has 0 saturated heterocycles. The minimum atomic E-state index is -0.233. The predicted octanol–water partition coefficient (Wildman–Crippen LogP) is 4.22. The van der Waals surface area contributed by atoms with Gasteiger partial charge in [-0.25, -0.2) is 4.98 Å². The first-order valence-electron chi connectivity index (χ1n) is 8.14. The van der Waals surface area contributed by atoms with E-state index in [1.165, 1.54) is 17.6 Å². The number of rotatable bonds is 5. The maximum absolute atomic E-state index is 12.5. The van der Waals surface area contributed by atoms with Gasteiger partial charge in [0, 0.05) is 22.9 Å². The van der Waals surface area contributed by atoms with Crippen molar-refractivity contribution in [2.45, 2.75) is 13.0 Å². The van der Waals surface area contributed by atoms with E-state index in [2.05, 4.69) is 10.3 Å². The standard InChI is InChI=1S/C20H16N2O3S/c23-11-14-7-5-13(6-8-14)9-15-10-21-20(26-15)22-19(24)17-12-25-18-4-2-1-3-16(17)18/h1-8,10,12,23H,9,11H2,(H,21,22,24). The fourth-order valence-electron chi connectivity index (χ4n) is 2.73. The van der Waals surface area contributed by atoms with Crippen molar-refractivity contribution in [3.63, 3.8) is 0 Å². The van der Waals surface area contributed by atoms with Gasteiger partial charge >= 0.3 is 0 Å². The monoisotopic (exact) mass is 364 g/mol. The van der Waals surface area contributed by atoms with Crippen molar-refractivity contribution in [1.82, 2.24) is 4.98 Å². The van der Waals surface area contributed by atoms with Gasteiger partial charge in [0.25, 0.3) is 5.91 Å². The Labute approximate surface area is 153 Å². The van der Waals surface area contributed by atoms with E-state index in [4.69, 9.17) is 9.52 Å². The number of aliphatic hydroxyl groups is 1. The highest BCUT2D eigenvalue weighted by Crippen LogP contribution is 2.25. The number of hydrogen-bond donors (Lipinski definition) is 2. The Balaban J connectivity index is 1.46. The lowest BCUT2D eigenvalue weighted by atomic mass is 10.1. The lowest BCUT2D eigenvalue weighted by Gasteiger charge is -2.01. The van der Waals surface area contributed by atoms with Crippen LogP contribution in [0.3, 0.4) is 0 Å². The molecular weight excluding hydrogens is 348 g/mol. The smallest absolute Gasteiger partial charge is 0.261 e. The van der Waals surface area contributed by atoms with E-state index >= 15 is 0 Å². The van der Waals surface area contributed by atoms with Gasteiger partial charge in [-0.05, 0) is 17.2 Å². The molecule has 4 aromatic rings. The van der Waals surface area contributed by atoms with Crippen LogP contribution in [-0.2, 0) is 13.0 Å². The fraction of sp³-hybridized carbons (Fsp3) is 0.100. The molecule has 0 aliphatic carbocycles. The van der Waals surface area contributed by atoms with Gasteiger partial charge in [-0.15, -0.1) is 11.3 Å². The van der Waals surface area contributed by atoms with Crippen LogP contribution >= 0.6 is 11.3 Å². The maximum Gasteiger partial charge on any atom is 0.261 e. The quantitative estimate of drug-likeness (QED) is 0.556. The number of fused-ring (bicyclic) bond motifs is 1. The summed E-state index contributed by atoms with van der Waals surface area (Å²) >= 11 is 1.45. The molecule has 0 aliphatic rings. The van der Waals surface area contributed by atoms with Crippen LogP contribution in [0.1, 0.15) is 26.4 Å². The van der Waals surface area contributed by atoms with Crippen LogP contribution < -0.4 is 5.32 Å². The number of benzene rings is 2. The van der Waals surface area contributed by atoms with E-state index in [-0.39, 0.29) is 12.5 Å². The number of carbonyl (C=O) groups is 1. The minimum absolute atomic E-state index is 0.0414. The Morgan fingerprint density at radius 2 is 1.88 bits per heavy atom. The largest absolute Gasteiger partial charge is 0.463 e. The first-order chi connectivity index (χ1) is 12.7. The molecule has 1 amide bonds. The highest BCUT2D eigenvalue weighted by molar-refractivity contribution is 7.15. The van der Waals surface area contributed by atoms with Gasteiger partial charge in [0.15, 0.2) is 5.13 Å². The summed E-state index contributed by atoms with van der Waals surface area (Å²) in [6, 6.07) is 15.2. The fourth-order valence-corrected chi connectivity index (χ4v) is 3.57. The molecule has 0 spiro atoms. The number of furan rings is 1. The molecule has 2 N–H and O–H groups in total. The molecule has 4 rings (SSSR count). The summed E-state index contributed by atoms with van der Waals surface area (Å²) in [4.78, 5) is 17.8. The molecule has 0 radical (unpaired) electrons. The lowest BCUT2D eigenvalue weighted by Crippen LogP contribution is -2.10. The zero-order valence-corrected chi connectivity index (χ0v) is 14.6. The average molecular weight is 364 g/mol. The third-order valence-corrected chi connectivity index (χ3v) is 5.00. The Morgan fingerprint density at radius 3 is 2.69 bits per heavy atom. The second kappa shape index (κ2) is 7.11. The number of hydrogen-bond acceptors (Lipinski definition) is 5. The molecule has 2 aromatic carbocycles. The number of amides is 1. The van der Waals surface area contributed by atoms with E-state index in [1.807, 2.05) is 48.5 Å². The summed E-state index contributed by atoms with van der Waals surface area (Å²) in [5, 5.41) is 13.3. The Hall–Kier alpha value is -2.96. The highest BCUT2D eigenvalue weighted by Gasteiger charge is 2.15. The number of thiazole rings is 1. The molecule has 0 bridgehead atoms. The van der Waals surface area contributed by atoms with Crippen LogP contribution in [0, 0.1) is 0 Å². The van der Waals surface area contributed by atoms with Crippen LogP contribution in [0.2, 0.25) is 0 Å². The van der Waals surface area contributed by atoms with E-state index < -0.39 is 0 Å². The molecule has 5 nitrogen and oxygen atoms in total. The summed E-state index contributed by atoms with van der Waals surface area (Å²) in [5.41, 5.74) is 3.20. The maximum atomic E-state index is 12.5. The minimum Gasteiger partial charge on any atom is -0.463 e. The van der Waals surface area contributed by atoms with Gasteiger partial charge in [0.2, 0.25) is 0 Å². The highest BCUT2D eigenvalue weighted by atomic mass is 32.1. The Morgan fingerprint density at radius 1 is 1.12 bits per heavy atom. The number of anilines is 1. The van der Waals surface area contributed by atoms with Crippen molar-refractivity contribution in [3.8, 4) is 0 Å². The SMILES string of the molecule is O=C(Nc1ncc(Cc2ccc(CO)cc2)s1)c1coc2ccccc12. The summed E-state index contributed by atoms with van der Waals surface area (Å²) < 4.78 is 5.42. The molecule has 0 atom stereocenters. The number of nitrogens with zero attached hydrogens (tertiary/aromatic N) is 1. The van der Waals surface area contributed by atoms with Crippen molar-refractivity contribution < 1.29 is 14.3 Å². The van der Waals surface area contributed by atoms with E-state index in [9.17, 15) is 4.79 Å². The molecule has 6 heteroatoms. The number of para-hydroxylation sites is 1. The number of aromatic nitrogens is 1. The number of aliphatic hydroxyl groups excluding tert-OH is 1. The molecule has 2 heterocycles. The van der Waals surface area contributed by atoms with Gasteiger partial charge in [-0.2, -0.15) is 0 Å². The normalized spacial score (nSPS) is 11.0. The molecule has 2 aromatic heterocycles. The second-order valence-corrected chi connectivity index (χ2v) is 7.00. The van der Waals surface area contributed by atoms with Gasteiger partial charge in [0.05, 0.1) is 12.2 Å². The number of nitrogens with one attached hydrogen (secondary N) is 1. The first-order valence-corrected chi connectivity index (χ1v) is 8.95. The van der Waals surface area contributed by atoms with E-state index in [0.717, 1.165) is 27.8 Å². The third-order valence-electron chi connectivity index (χ3n) is 4.08. The zero-order valence-electron chi connectivity index (χ0n) is 13.8. The predicted molar refractivity (Wildman–Crippen MR) is 101 cm³/mol. The zero-order chi connectivity index (χ0) is 17.9. The molecule has 0 unspecified atom stereocenters. The summed E-state index contributed by atoms with van der Waals surface area (Å²) in [5.74, 6) is -0.233. The average Bonchev–Trinajstić information content (AvgIpc) is 3.29. The van der Waals surface area contributed by atoms with Crippen molar-refractivity contribution in [3.05, 3.63) is 82.6 Å². The van der Waals surface area contributed by atoms with E-state index in [1.54, 1.807) is 6.20 Å². The van der Waals surface area contributed by atoms with Gasteiger partial charge in [-0.3, -0.25) is 10.1 Å². The Kier molecular flexibility index (Phi) is 4.51. The van der Waals surface area contributed by atoms with Crippen molar-refractivity contribution in [2.75, 3.05) is 5.32 Å². The molecular formula is C20H16N2O3S. The molecule has 130 valence electrons. The van der Waals surface area contributed by atoms with Crippen LogP contribution in [0.15, 0.2) is 65.4 Å². The second-order valence-electron chi connectivity index (χ2n) is 5.88. The molecule has 26 heavy (non-hydrogen) atoms. The molecule has 0 fully saturated rings. The third kappa shape index (κ3) is 3.37. The van der Waals surface area contributed by atoms with Gasteiger partial charge in [-0.1, -0.05) is 42.5 Å². The van der Waals surface area contributed by atoms with Gasteiger partial charge in [0.1, 0.15) is 11.8 Å². The van der Waals surface area contributed by atoms with Gasteiger partial charge < -0.3 is 9.52 Å². The van der Waals surface area contributed by atoms with Crippen molar-refractivity contribution in [2.24, 2.45) is 0 Å². The van der Waals surface area contributed by atoms with Crippen molar-refractivity contribution >= 4 is 33.3 Å². The topological polar surface area (TPSA) is 75.4 Å². The molecule has 0 aliphatic heterocycles. The summed E-state index contributed by atoms with van der Waals surface area (Å²) in [6.07, 6.45) is 3.97.